The van der Waals surface area contributed by atoms with Crippen molar-refractivity contribution in [1.82, 2.24) is 4.90 Å². The van der Waals surface area contributed by atoms with Gasteiger partial charge in [-0.1, -0.05) is 54.9 Å². The van der Waals surface area contributed by atoms with Crippen LogP contribution >= 0.6 is 11.6 Å². The van der Waals surface area contributed by atoms with Crippen molar-refractivity contribution < 1.29 is 4.39 Å². The largest absolute Gasteiger partial charge is 0.329 e. The molecule has 2 rings (SSSR count). The van der Waals surface area contributed by atoms with Crippen LogP contribution in [0.5, 0.6) is 0 Å². The average Bonchev–Trinajstić information content (AvgIpc) is 2.51. The Hall–Kier alpha value is -1.42. The second-order valence-electron chi connectivity index (χ2n) is 4.97. The molecule has 21 heavy (non-hydrogen) atoms. The summed E-state index contributed by atoms with van der Waals surface area (Å²) in [5, 5.41) is 0.140. The van der Waals surface area contributed by atoms with Crippen LogP contribution in [0.1, 0.15) is 24.1 Å². The van der Waals surface area contributed by atoms with Gasteiger partial charge in [0.15, 0.2) is 0 Å². The molecule has 0 aliphatic carbocycles. The molecule has 1 atom stereocenters. The summed E-state index contributed by atoms with van der Waals surface area (Å²) in [6, 6.07) is 15.1. The van der Waals surface area contributed by atoms with Crippen LogP contribution in [0, 0.1) is 5.82 Å². The molecule has 0 fully saturated rings. The fourth-order valence-corrected chi connectivity index (χ4v) is 2.66. The Balaban J connectivity index is 2.22. The molecule has 112 valence electrons. The Morgan fingerprint density at radius 1 is 1.19 bits per heavy atom. The molecule has 0 aliphatic heterocycles. The zero-order chi connectivity index (χ0) is 15.2. The van der Waals surface area contributed by atoms with E-state index in [-0.39, 0.29) is 11.1 Å². The first-order valence-electron chi connectivity index (χ1n) is 7.08. The van der Waals surface area contributed by atoms with Gasteiger partial charge in [0.05, 0.1) is 5.02 Å². The summed E-state index contributed by atoms with van der Waals surface area (Å²) < 4.78 is 13.3. The SMILES string of the molecule is CCN(Cc1ccccc1)C(CN)c1ccc(F)c(Cl)c1. The lowest BCUT2D eigenvalue weighted by Crippen LogP contribution is -2.33. The van der Waals surface area contributed by atoms with Gasteiger partial charge in [-0.3, -0.25) is 4.90 Å². The molecule has 0 amide bonds. The van der Waals surface area contributed by atoms with Crippen molar-refractivity contribution in [2.24, 2.45) is 5.73 Å². The first kappa shape index (κ1) is 16.0. The monoisotopic (exact) mass is 306 g/mol. The lowest BCUT2D eigenvalue weighted by Gasteiger charge is -2.30. The zero-order valence-corrected chi connectivity index (χ0v) is 12.9. The van der Waals surface area contributed by atoms with Crippen LogP contribution in [-0.2, 0) is 6.54 Å². The fourth-order valence-electron chi connectivity index (χ4n) is 2.48. The highest BCUT2D eigenvalue weighted by Gasteiger charge is 2.19. The van der Waals surface area contributed by atoms with E-state index in [0.717, 1.165) is 18.7 Å². The van der Waals surface area contributed by atoms with Gasteiger partial charge >= 0.3 is 0 Å². The molecule has 0 spiro atoms. The number of nitrogens with two attached hydrogens (primary N) is 1. The highest BCUT2D eigenvalue weighted by Crippen LogP contribution is 2.25. The molecule has 0 aromatic heterocycles. The first-order chi connectivity index (χ1) is 10.2. The maximum atomic E-state index is 13.3. The minimum absolute atomic E-state index is 0.0216. The quantitative estimate of drug-likeness (QED) is 0.874. The van der Waals surface area contributed by atoms with E-state index in [1.54, 1.807) is 12.1 Å². The molecule has 0 bridgehead atoms. The molecule has 0 aliphatic rings. The van der Waals surface area contributed by atoms with Crippen molar-refractivity contribution in [1.29, 1.82) is 0 Å². The Labute approximate surface area is 130 Å². The van der Waals surface area contributed by atoms with Crippen LogP contribution < -0.4 is 5.73 Å². The molecule has 2 aromatic rings. The predicted octanol–water partition coefficient (Wildman–Crippen LogP) is 4.00. The van der Waals surface area contributed by atoms with Gasteiger partial charge in [-0.15, -0.1) is 0 Å². The molecular formula is C17H20ClFN2. The van der Waals surface area contributed by atoms with Crippen molar-refractivity contribution in [3.05, 3.63) is 70.5 Å². The third kappa shape index (κ3) is 4.03. The summed E-state index contributed by atoms with van der Waals surface area (Å²) >= 11 is 5.89. The smallest absolute Gasteiger partial charge is 0.141 e. The van der Waals surface area contributed by atoms with Crippen molar-refractivity contribution in [2.45, 2.75) is 19.5 Å². The Bertz CT molecular complexity index is 574. The normalized spacial score (nSPS) is 12.6. The summed E-state index contributed by atoms with van der Waals surface area (Å²) in [6.07, 6.45) is 0. The minimum atomic E-state index is -0.401. The second-order valence-corrected chi connectivity index (χ2v) is 5.38. The molecule has 0 saturated carbocycles. The first-order valence-corrected chi connectivity index (χ1v) is 7.46. The Kier molecular flexibility index (Phi) is 5.74. The standard InChI is InChI=1S/C17H20ClFN2/c1-2-21(12-13-6-4-3-5-7-13)17(11-20)14-8-9-16(19)15(18)10-14/h3-10,17H,2,11-12,20H2,1H3. The van der Waals surface area contributed by atoms with E-state index in [1.165, 1.54) is 11.6 Å². The van der Waals surface area contributed by atoms with E-state index in [4.69, 9.17) is 17.3 Å². The predicted molar refractivity (Wildman–Crippen MR) is 85.7 cm³/mol. The number of hydrogen-bond donors (Lipinski definition) is 1. The van der Waals surface area contributed by atoms with Gasteiger partial charge < -0.3 is 5.73 Å². The van der Waals surface area contributed by atoms with Crippen LogP contribution in [0.4, 0.5) is 4.39 Å². The highest BCUT2D eigenvalue weighted by molar-refractivity contribution is 6.30. The van der Waals surface area contributed by atoms with Crippen LogP contribution in [0.25, 0.3) is 0 Å². The van der Waals surface area contributed by atoms with Crippen molar-refractivity contribution in [3.63, 3.8) is 0 Å². The van der Waals surface area contributed by atoms with E-state index >= 15 is 0 Å². The van der Waals surface area contributed by atoms with Gasteiger partial charge in [0.25, 0.3) is 0 Å². The van der Waals surface area contributed by atoms with Crippen LogP contribution in [0.3, 0.4) is 0 Å². The lowest BCUT2D eigenvalue weighted by atomic mass is 10.0. The summed E-state index contributed by atoms with van der Waals surface area (Å²) in [5.74, 6) is -0.401. The molecule has 2 N–H and O–H groups in total. The third-order valence-corrected chi connectivity index (χ3v) is 3.92. The molecular weight excluding hydrogens is 287 g/mol. The number of likely N-dealkylation sites (N-methyl/N-ethyl adjacent to an activating group) is 1. The maximum Gasteiger partial charge on any atom is 0.141 e. The van der Waals surface area contributed by atoms with Gasteiger partial charge in [-0.25, -0.2) is 4.39 Å². The van der Waals surface area contributed by atoms with Crippen molar-refractivity contribution >= 4 is 11.6 Å². The molecule has 4 heteroatoms. The summed E-state index contributed by atoms with van der Waals surface area (Å²) in [6.45, 7) is 4.21. The van der Waals surface area contributed by atoms with Crippen LogP contribution in [0.15, 0.2) is 48.5 Å². The van der Waals surface area contributed by atoms with Crippen LogP contribution in [0.2, 0.25) is 5.02 Å². The van der Waals surface area contributed by atoms with Gasteiger partial charge in [0.1, 0.15) is 5.82 Å². The van der Waals surface area contributed by atoms with Gasteiger partial charge in [0, 0.05) is 19.1 Å². The second kappa shape index (κ2) is 7.55. The molecule has 0 radical (unpaired) electrons. The number of rotatable bonds is 6. The van der Waals surface area contributed by atoms with Crippen molar-refractivity contribution in [3.8, 4) is 0 Å². The molecule has 0 heterocycles. The van der Waals surface area contributed by atoms with E-state index in [0.29, 0.717) is 6.54 Å². The van der Waals surface area contributed by atoms with Gasteiger partial charge in [-0.05, 0) is 29.8 Å². The zero-order valence-electron chi connectivity index (χ0n) is 12.1. The van der Waals surface area contributed by atoms with Crippen molar-refractivity contribution in [2.75, 3.05) is 13.1 Å². The molecule has 2 nitrogen and oxygen atoms in total. The van der Waals surface area contributed by atoms with E-state index in [1.807, 2.05) is 18.2 Å². The lowest BCUT2D eigenvalue weighted by molar-refractivity contribution is 0.203. The maximum absolute atomic E-state index is 13.3. The summed E-state index contributed by atoms with van der Waals surface area (Å²) in [5.41, 5.74) is 8.12. The van der Waals surface area contributed by atoms with E-state index < -0.39 is 5.82 Å². The number of halogens is 2. The molecule has 0 saturated heterocycles. The minimum Gasteiger partial charge on any atom is -0.329 e. The molecule has 1 unspecified atom stereocenters. The number of benzene rings is 2. The third-order valence-electron chi connectivity index (χ3n) is 3.63. The Morgan fingerprint density at radius 2 is 1.90 bits per heavy atom. The summed E-state index contributed by atoms with van der Waals surface area (Å²) in [7, 11) is 0. The van der Waals surface area contributed by atoms with Gasteiger partial charge in [0.2, 0.25) is 0 Å². The van der Waals surface area contributed by atoms with E-state index in [2.05, 4.69) is 24.0 Å². The topological polar surface area (TPSA) is 29.3 Å². The molecule has 2 aromatic carbocycles. The fraction of sp³-hybridized carbons (Fsp3) is 0.294. The average molecular weight is 307 g/mol. The number of hydrogen-bond acceptors (Lipinski definition) is 2. The highest BCUT2D eigenvalue weighted by atomic mass is 35.5. The van der Waals surface area contributed by atoms with E-state index in [9.17, 15) is 4.39 Å². The number of nitrogens with zero attached hydrogens (tertiary/aromatic N) is 1. The van der Waals surface area contributed by atoms with Gasteiger partial charge in [-0.2, -0.15) is 0 Å². The summed E-state index contributed by atoms with van der Waals surface area (Å²) in [4.78, 5) is 2.26. The van der Waals surface area contributed by atoms with Crippen LogP contribution in [-0.4, -0.2) is 18.0 Å². The Morgan fingerprint density at radius 3 is 2.48 bits per heavy atom.